The largest absolute Gasteiger partial charge is 0.494 e. The minimum absolute atomic E-state index is 0.134. The summed E-state index contributed by atoms with van der Waals surface area (Å²) in [5.41, 5.74) is 0.821. The molecule has 0 saturated carbocycles. The predicted octanol–water partition coefficient (Wildman–Crippen LogP) is 4.00. The van der Waals surface area contributed by atoms with Crippen molar-refractivity contribution in [2.75, 3.05) is 6.61 Å². The van der Waals surface area contributed by atoms with Crippen LogP contribution in [0.5, 0.6) is 5.75 Å². The van der Waals surface area contributed by atoms with Gasteiger partial charge in [-0.2, -0.15) is 9.50 Å². The van der Waals surface area contributed by atoms with E-state index in [1.807, 2.05) is 47.9 Å². The fraction of sp³-hybridized carbons (Fsp3) is 0.250. The van der Waals surface area contributed by atoms with E-state index in [0.717, 1.165) is 29.2 Å². The van der Waals surface area contributed by atoms with Crippen LogP contribution in [0.2, 0.25) is 0 Å². The van der Waals surface area contributed by atoms with Gasteiger partial charge in [-0.25, -0.2) is 0 Å². The molecule has 3 heterocycles. The molecule has 0 amide bonds. The number of fused-ring (bicyclic) bond motifs is 1. The summed E-state index contributed by atoms with van der Waals surface area (Å²) in [5, 5.41) is 6.32. The van der Waals surface area contributed by atoms with Crippen LogP contribution in [0.25, 0.3) is 21.7 Å². The Labute approximate surface area is 164 Å². The highest BCUT2D eigenvalue weighted by atomic mass is 32.1. The van der Waals surface area contributed by atoms with Crippen molar-refractivity contribution >= 4 is 33.7 Å². The van der Waals surface area contributed by atoms with Crippen molar-refractivity contribution in [3.63, 3.8) is 0 Å². The Morgan fingerprint density at radius 1 is 1.19 bits per heavy atom. The summed E-state index contributed by atoms with van der Waals surface area (Å²) in [5.74, 6) is 1.46. The van der Waals surface area contributed by atoms with Crippen molar-refractivity contribution in [3.05, 3.63) is 62.2 Å². The number of benzene rings is 1. The van der Waals surface area contributed by atoms with Crippen molar-refractivity contribution in [2.24, 2.45) is 0 Å². The van der Waals surface area contributed by atoms with Crippen molar-refractivity contribution in [3.8, 4) is 16.5 Å². The Morgan fingerprint density at radius 3 is 2.74 bits per heavy atom. The van der Waals surface area contributed by atoms with E-state index in [0.29, 0.717) is 15.3 Å². The molecule has 0 aliphatic rings. The van der Waals surface area contributed by atoms with E-state index in [1.165, 1.54) is 28.7 Å². The molecule has 0 bridgehead atoms. The molecule has 4 aromatic rings. The first-order valence-electron chi connectivity index (χ1n) is 8.92. The Morgan fingerprint density at radius 2 is 2.04 bits per heavy atom. The Hall–Kier alpha value is -2.51. The molecule has 3 aromatic heterocycles. The fourth-order valence-electron chi connectivity index (χ4n) is 2.70. The fourth-order valence-corrected chi connectivity index (χ4v) is 4.26. The molecule has 0 N–H and O–H groups in total. The Balaban J connectivity index is 1.55. The highest BCUT2D eigenvalue weighted by Gasteiger charge is 2.12. The van der Waals surface area contributed by atoms with Crippen LogP contribution in [0.15, 0.2) is 46.6 Å². The first-order valence-corrected chi connectivity index (χ1v) is 10.6. The van der Waals surface area contributed by atoms with Gasteiger partial charge in [0.25, 0.3) is 5.56 Å². The number of ether oxygens (including phenoxy) is 1. The summed E-state index contributed by atoms with van der Waals surface area (Å²) in [7, 11) is 0. The van der Waals surface area contributed by atoms with Crippen LogP contribution in [-0.4, -0.2) is 21.2 Å². The van der Waals surface area contributed by atoms with Gasteiger partial charge in [0.1, 0.15) is 5.75 Å². The van der Waals surface area contributed by atoms with Gasteiger partial charge < -0.3 is 4.74 Å². The lowest BCUT2D eigenvalue weighted by atomic mass is 10.2. The SMILES string of the molecule is CCCCCOc1ccc(/C=c2\sc3nc(-c4cccs4)nn3c2=O)cc1. The number of unbranched alkanes of at least 4 members (excludes halogenated alkanes) is 2. The van der Waals surface area contributed by atoms with E-state index in [1.54, 1.807) is 11.3 Å². The predicted molar refractivity (Wildman–Crippen MR) is 111 cm³/mol. The number of thiazole rings is 1. The topological polar surface area (TPSA) is 56.5 Å². The third kappa shape index (κ3) is 3.94. The third-order valence-corrected chi connectivity index (χ3v) is 5.94. The molecule has 5 nitrogen and oxygen atoms in total. The van der Waals surface area contributed by atoms with Crippen LogP contribution in [0, 0.1) is 0 Å². The second-order valence-electron chi connectivity index (χ2n) is 6.15. The van der Waals surface area contributed by atoms with Gasteiger partial charge in [-0.3, -0.25) is 4.79 Å². The molecular formula is C20H19N3O2S2. The molecule has 0 spiro atoms. The quantitative estimate of drug-likeness (QED) is 0.442. The van der Waals surface area contributed by atoms with Gasteiger partial charge in [0.15, 0.2) is 5.82 Å². The number of aromatic nitrogens is 3. The monoisotopic (exact) mass is 397 g/mol. The maximum atomic E-state index is 12.6. The average Bonchev–Trinajstić information content (AvgIpc) is 3.39. The standard InChI is InChI=1S/C20H19N3O2S2/c1-2-3-4-11-25-15-9-7-14(8-10-15)13-17-19(24)23-20(27-17)21-18(22-23)16-6-5-12-26-16/h5-10,12-13H,2-4,11H2,1H3/b17-13-. The van der Waals surface area contributed by atoms with E-state index in [-0.39, 0.29) is 5.56 Å². The van der Waals surface area contributed by atoms with Gasteiger partial charge in [-0.1, -0.05) is 49.3 Å². The van der Waals surface area contributed by atoms with E-state index < -0.39 is 0 Å². The van der Waals surface area contributed by atoms with Crippen LogP contribution < -0.4 is 14.8 Å². The number of rotatable bonds is 7. The summed E-state index contributed by atoms with van der Waals surface area (Å²) in [6, 6.07) is 11.7. The van der Waals surface area contributed by atoms with Crippen LogP contribution in [0.1, 0.15) is 31.7 Å². The molecule has 0 saturated heterocycles. The van der Waals surface area contributed by atoms with Gasteiger partial charge in [0.05, 0.1) is 16.0 Å². The van der Waals surface area contributed by atoms with Crippen LogP contribution in [-0.2, 0) is 0 Å². The highest BCUT2D eigenvalue weighted by molar-refractivity contribution is 7.15. The van der Waals surface area contributed by atoms with Gasteiger partial charge in [0, 0.05) is 0 Å². The van der Waals surface area contributed by atoms with E-state index >= 15 is 0 Å². The summed E-state index contributed by atoms with van der Waals surface area (Å²) in [6.07, 6.45) is 5.30. The van der Waals surface area contributed by atoms with Gasteiger partial charge in [-0.15, -0.1) is 16.4 Å². The molecular weight excluding hydrogens is 378 g/mol. The normalized spacial score (nSPS) is 12.1. The zero-order valence-corrected chi connectivity index (χ0v) is 16.6. The maximum absolute atomic E-state index is 12.6. The lowest BCUT2D eigenvalue weighted by Gasteiger charge is -2.05. The maximum Gasteiger partial charge on any atom is 0.291 e. The van der Waals surface area contributed by atoms with E-state index in [2.05, 4.69) is 17.0 Å². The lowest BCUT2D eigenvalue weighted by Crippen LogP contribution is -2.23. The summed E-state index contributed by atoms with van der Waals surface area (Å²) >= 11 is 2.92. The smallest absolute Gasteiger partial charge is 0.291 e. The molecule has 0 radical (unpaired) electrons. The molecule has 0 unspecified atom stereocenters. The molecule has 138 valence electrons. The molecule has 0 aliphatic heterocycles. The molecule has 7 heteroatoms. The Bertz CT molecular complexity index is 1130. The van der Waals surface area contributed by atoms with E-state index in [4.69, 9.17) is 4.74 Å². The number of hydrogen-bond donors (Lipinski definition) is 0. The number of hydrogen-bond acceptors (Lipinski definition) is 6. The van der Waals surface area contributed by atoms with Crippen LogP contribution in [0.4, 0.5) is 0 Å². The lowest BCUT2D eigenvalue weighted by molar-refractivity contribution is 0.306. The second kappa shape index (κ2) is 8.02. The second-order valence-corrected chi connectivity index (χ2v) is 8.10. The number of nitrogens with zero attached hydrogens (tertiary/aromatic N) is 3. The van der Waals surface area contributed by atoms with Crippen molar-refractivity contribution in [1.82, 2.24) is 14.6 Å². The zero-order chi connectivity index (χ0) is 18.6. The summed E-state index contributed by atoms with van der Waals surface area (Å²) in [4.78, 5) is 18.7. The van der Waals surface area contributed by atoms with Crippen molar-refractivity contribution in [1.29, 1.82) is 0 Å². The highest BCUT2D eigenvalue weighted by Crippen LogP contribution is 2.21. The van der Waals surface area contributed by atoms with Crippen LogP contribution in [0.3, 0.4) is 0 Å². The molecule has 0 atom stereocenters. The zero-order valence-electron chi connectivity index (χ0n) is 14.9. The molecule has 27 heavy (non-hydrogen) atoms. The molecule has 1 aromatic carbocycles. The minimum Gasteiger partial charge on any atom is -0.494 e. The minimum atomic E-state index is -0.134. The molecule has 0 aliphatic carbocycles. The Kier molecular flexibility index (Phi) is 5.31. The van der Waals surface area contributed by atoms with Gasteiger partial charge in [-0.05, 0) is 41.6 Å². The van der Waals surface area contributed by atoms with Crippen LogP contribution >= 0.6 is 22.7 Å². The first-order chi connectivity index (χ1) is 13.2. The van der Waals surface area contributed by atoms with Gasteiger partial charge >= 0.3 is 0 Å². The van der Waals surface area contributed by atoms with Crippen molar-refractivity contribution < 1.29 is 4.74 Å². The molecule has 4 rings (SSSR count). The molecule has 0 fully saturated rings. The third-order valence-electron chi connectivity index (χ3n) is 4.12. The first kappa shape index (κ1) is 17.9. The van der Waals surface area contributed by atoms with Crippen molar-refractivity contribution in [2.45, 2.75) is 26.2 Å². The average molecular weight is 398 g/mol. The number of thiophene rings is 1. The summed E-state index contributed by atoms with van der Waals surface area (Å²) < 4.78 is 7.74. The van der Waals surface area contributed by atoms with Gasteiger partial charge in [0.2, 0.25) is 4.96 Å². The van der Waals surface area contributed by atoms with E-state index in [9.17, 15) is 4.79 Å². The summed E-state index contributed by atoms with van der Waals surface area (Å²) in [6.45, 7) is 2.91.